The van der Waals surface area contributed by atoms with E-state index in [1.807, 2.05) is 49.1 Å². The van der Waals surface area contributed by atoms with E-state index in [1.54, 1.807) is 0 Å². The van der Waals surface area contributed by atoms with Gasteiger partial charge in [-0.25, -0.2) is 0 Å². The Morgan fingerprint density at radius 1 is 1.12 bits per heavy atom. The van der Waals surface area contributed by atoms with Gasteiger partial charge in [-0.3, -0.25) is 4.79 Å². The lowest BCUT2D eigenvalue weighted by atomic mass is 9.99. The van der Waals surface area contributed by atoms with Crippen LogP contribution in [-0.4, -0.2) is 30.0 Å². The van der Waals surface area contributed by atoms with Gasteiger partial charge in [-0.1, -0.05) is 48.5 Å². The fourth-order valence-electron chi connectivity index (χ4n) is 3.10. The smallest absolute Gasteiger partial charge is 0.227 e. The average molecular weight is 335 g/mol. The standard InChI is InChI=1S/C22H25NO2/c1-17(2)25-21-10-6-7-18(15-21)16-22(24)23-13-11-20(12-14-23)19-8-4-3-5-9-19/h3-11,15,17H,12-14,16H2,1-2H3. The molecule has 0 atom stereocenters. The van der Waals surface area contributed by atoms with Gasteiger partial charge >= 0.3 is 0 Å². The summed E-state index contributed by atoms with van der Waals surface area (Å²) in [5, 5.41) is 0. The number of carbonyl (C=O) groups excluding carboxylic acids is 1. The predicted molar refractivity (Wildman–Crippen MR) is 102 cm³/mol. The van der Waals surface area contributed by atoms with E-state index in [2.05, 4.69) is 30.3 Å². The third-order valence-electron chi connectivity index (χ3n) is 4.33. The first-order valence-corrected chi connectivity index (χ1v) is 8.89. The zero-order valence-corrected chi connectivity index (χ0v) is 14.9. The number of carbonyl (C=O) groups is 1. The quantitative estimate of drug-likeness (QED) is 0.814. The van der Waals surface area contributed by atoms with Gasteiger partial charge in [-0.2, -0.15) is 0 Å². The number of hydrogen-bond acceptors (Lipinski definition) is 2. The summed E-state index contributed by atoms with van der Waals surface area (Å²) in [5.41, 5.74) is 3.59. The minimum atomic E-state index is 0.134. The van der Waals surface area contributed by atoms with Gasteiger partial charge in [0.1, 0.15) is 5.75 Å². The maximum atomic E-state index is 12.6. The van der Waals surface area contributed by atoms with Crippen molar-refractivity contribution in [2.24, 2.45) is 0 Å². The Morgan fingerprint density at radius 2 is 1.92 bits per heavy atom. The van der Waals surface area contributed by atoms with Crippen LogP contribution in [0, 0.1) is 0 Å². The maximum Gasteiger partial charge on any atom is 0.227 e. The van der Waals surface area contributed by atoms with Crippen LogP contribution in [0.2, 0.25) is 0 Å². The summed E-state index contributed by atoms with van der Waals surface area (Å²) < 4.78 is 5.71. The average Bonchev–Trinajstić information content (AvgIpc) is 2.62. The Labute approximate surface area is 149 Å². The van der Waals surface area contributed by atoms with Crippen molar-refractivity contribution in [1.82, 2.24) is 4.90 Å². The highest BCUT2D eigenvalue weighted by molar-refractivity contribution is 5.80. The van der Waals surface area contributed by atoms with Gasteiger partial charge in [0.15, 0.2) is 0 Å². The first-order valence-electron chi connectivity index (χ1n) is 8.89. The molecule has 0 saturated carbocycles. The summed E-state index contributed by atoms with van der Waals surface area (Å²) in [4.78, 5) is 14.5. The summed E-state index contributed by atoms with van der Waals surface area (Å²) in [7, 11) is 0. The number of amides is 1. The lowest BCUT2D eigenvalue weighted by Gasteiger charge is -2.27. The Morgan fingerprint density at radius 3 is 2.60 bits per heavy atom. The molecule has 0 unspecified atom stereocenters. The highest BCUT2D eigenvalue weighted by Crippen LogP contribution is 2.23. The molecule has 1 heterocycles. The van der Waals surface area contributed by atoms with Crippen molar-refractivity contribution >= 4 is 11.5 Å². The molecule has 2 aromatic rings. The molecule has 0 saturated heterocycles. The summed E-state index contributed by atoms with van der Waals surface area (Å²) in [5.74, 6) is 0.996. The highest BCUT2D eigenvalue weighted by Gasteiger charge is 2.18. The van der Waals surface area contributed by atoms with E-state index in [4.69, 9.17) is 4.74 Å². The molecule has 1 aliphatic rings. The van der Waals surface area contributed by atoms with E-state index in [0.717, 1.165) is 24.3 Å². The number of rotatable bonds is 5. The van der Waals surface area contributed by atoms with E-state index < -0.39 is 0 Å². The van der Waals surface area contributed by atoms with Crippen molar-refractivity contribution in [3.8, 4) is 5.75 Å². The van der Waals surface area contributed by atoms with Crippen molar-refractivity contribution in [3.05, 3.63) is 71.8 Å². The first-order chi connectivity index (χ1) is 12.1. The summed E-state index contributed by atoms with van der Waals surface area (Å²) >= 11 is 0. The number of benzene rings is 2. The van der Waals surface area contributed by atoms with Gasteiger partial charge in [-0.05, 0) is 49.1 Å². The largest absolute Gasteiger partial charge is 0.491 e. The molecule has 0 aromatic heterocycles. The Bertz CT molecular complexity index is 750. The Kier molecular flexibility index (Phi) is 5.54. The van der Waals surface area contributed by atoms with Gasteiger partial charge in [0.2, 0.25) is 5.91 Å². The first kappa shape index (κ1) is 17.3. The van der Waals surface area contributed by atoms with Crippen LogP contribution in [0.15, 0.2) is 60.7 Å². The zero-order valence-electron chi connectivity index (χ0n) is 14.9. The van der Waals surface area contributed by atoms with Crippen LogP contribution in [0.3, 0.4) is 0 Å². The van der Waals surface area contributed by atoms with Crippen molar-refractivity contribution in [1.29, 1.82) is 0 Å². The molecule has 2 aromatic carbocycles. The van der Waals surface area contributed by atoms with E-state index in [-0.39, 0.29) is 12.0 Å². The molecular formula is C22H25NO2. The van der Waals surface area contributed by atoms with E-state index in [1.165, 1.54) is 11.1 Å². The number of nitrogens with zero attached hydrogens (tertiary/aromatic N) is 1. The third-order valence-corrected chi connectivity index (χ3v) is 4.33. The highest BCUT2D eigenvalue weighted by atomic mass is 16.5. The molecule has 0 bridgehead atoms. The Balaban J connectivity index is 1.60. The molecule has 1 aliphatic heterocycles. The molecule has 0 spiro atoms. The van der Waals surface area contributed by atoms with Gasteiger partial charge in [0.25, 0.3) is 0 Å². The monoisotopic (exact) mass is 335 g/mol. The van der Waals surface area contributed by atoms with E-state index in [0.29, 0.717) is 13.0 Å². The summed E-state index contributed by atoms with van der Waals surface area (Å²) in [6, 6.07) is 18.2. The van der Waals surface area contributed by atoms with Gasteiger partial charge in [0.05, 0.1) is 12.5 Å². The summed E-state index contributed by atoms with van der Waals surface area (Å²) in [6.45, 7) is 5.47. The predicted octanol–water partition coefficient (Wildman–Crippen LogP) is 4.33. The summed E-state index contributed by atoms with van der Waals surface area (Å²) in [6.07, 6.45) is 3.64. The lowest BCUT2D eigenvalue weighted by Crippen LogP contribution is -2.35. The number of hydrogen-bond donors (Lipinski definition) is 0. The van der Waals surface area contributed by atoms with Crippen LogP contribution in [0.25, 0.3) is 5.57 Å². The Hall–Kier alpha value is -2.55. The third kappa shape index (κ3) is 4.72. The van der Waals surface area contributed by atoms with Crippen LogP contribution in [0.4, 0.5) is 0 Å². The molecular weight excluding hydrogens is 310 g/mol. The van der Waals surface area contributed by atoms with Crippen molar-refractivity contribution in [2.45, 2.75) is 32.8 Å². The van der Waals surface area contributed by atoms with Crippen molar-refractivity contribution in [2.75, 3.05) is 13.1 Å². The molecule has 0 fully saturated rings. The topological polar surface area (TPSA) is 29.5 Å². The van der Waals surface area contributed by atoms with Crippen LogP contribution in [0.1, 0.15) is 31.4 Å². The normalized spacial score (nSPS) is 14.4. The minimum absolute atomic E-state index is 0.134. The molecule has 0 aliphatic carbocycles. The molecule has 3 nitrogen and oxygen atoms in total. The number of ether oxygens (including phenoxy) is 1. The second-order valence-corrected chi connectivity index (χ2v) is 6.68. The zero-order chi connectivity index (χ0) is 17.6. The molecule has 0 N–H and O–H groups in total. The van der Waals surface area contributed by atoms with Crippen molar-refractivity contribution in [3.63, 3.8) is 0 Å². The van der Waals surface area contributed by atoms with Crippen molar-refractivity contribution < 1.29 is 9.53 Å². The van der Waals surface area contributed by atoms with E-state index in [9.17, 15) is 4.79 Å². The van der Waals surface area contributed by atoms with Crippen LogP contribution < -0.4 is 4.74 Å². The fraction of sp³-hybridized carbons (Fsp3) is 0.318. The SMILES string of the molecule is CC(C)Oc1cccc(CC(=O)N2CC=C(c3ccccc3)CC2)c1. The fourth-order valence-corrected chi connectivity index (χ4v) is 3.10. The molecule has 130 valence electrons. The molecule has 0 radical (unpaired) electrons. The van der Waals surface area contributed by atoms with Gasteiger partial charge in [-0.15, -0.1) is 0 Å². The second-order valence-electron chi connectivity index (χ2n) is 6.68. The van der Waals surface area contributed by atoms with Crippen LogP contribution >= 0.6 is 0 Å². The van der Waals surface area contributed by atoms with Gasteiger partial charge < -0.3 is 9.64 Å². The molecule has 1 amide bonds. The molecule has 3 heteroatoms. The molecule has 25 heavy (non-hydrogen) atoms. The maximum absolute atomic E-state index is 12.6. The van der Waals surface area contributed by atoms with Gasteiger partial charge in [0, 0.05) is 13.1 Å². The lowest BCUT2D eigenvalue weighted by molar-refractivity contribution is -0.130. The molecule has 3 rings (SSSR count). The van der Waals surface area contributed by atoms with Crippen LogP contribution in [-0.2, 0) is 11.2 Å². The van der Waals surface area contributed by atoms with Crippen LogP contribution in [0.5, 0.6) is 5.75 Å². The van der Waals surface area contributed by atoms with E-state index >= 15 is 0 Å². The minimum Gasteiger partial charge on any atom is -0.491 e. The second kappa shape index (κ2) is 8.02.